The molecule has 18 heavy (non-hydrogen) atoms. The van der Waals surface area contributed by atoms with Crippen molar-refractivity contribution >= 4 is 23.1 Å². The molecule has 1 saturated heterocycles. The van der Waals surface area contributed by atoms with Gasteiger partial charge in [-0.2, -0.15) is 0 Å². The van der Waals surface area contributed by atoms with Crippen LogP contribution in [0.2, 0.25) is 5.02 Å². The van der Waals surface area contributed by atoms with Gasteiger partial charge in [-0.1, -0.05) is 11.6 Å². The molecule has 0 radical (unpaired) electrons. The zero-order valence-corrected chi connectivity index (χ0v) is 10.2. The summed E-state index contributed by atoms with van der Waals surface area (Å²) >= 11 is 5.83. The van der Waals surface area contributed by atoms with Crippen molar-refractivity contribution in [3.8, 4) is 0 Å². The van der Waals surface area contributed by atoms with Crippen LogP contribution in [-0.4, -0.2) is 29.7 Å². The third-order valence-corrected chi connectivity index (χ3v) is 2.84. The largest absolute Gasteiger partial charge is 0.381 e. The highest BCUT2D eigenvalue weighted by atomic mass is 35.5. The van der Waals surface area contributed by atoms with E-state index >= 15 is 0 Å². The first-order valence-corrected chi connectivity index (χ1v) is 5.80. The van der Waals surface area contributed by atoms with Crippen molar-refractivity contribution in [2.75, 3.05) is 25.3 Å². The van der Waals surface area contributed by atoms with E-state index in [0.29, 0.717) is 19.1 Å². The highest BCUT2D eigenvalue weighted by Crippen LogP contribution is 2.24. The second kappa shape index (κ2) is 5.94. The Bertz CT molecular complexity index is 437. The first-order chi connectivity index (χ1) is 8.66. The Balaban J connectivity index is 1.87. The van der Waals surface area contributed by atoms with Crippen molar-refractivity contribution in [3.05, 3.63) is 27.4 Å². The summed E-state index contributed by atoms with van der Waals surface area (Å²) in [5.41, 5.74) is 2.43. The summed E-state index contributed by atoms with van der Waals surface area (Å²) in [4.78, 5) is 19.0. The Morgan fingerprint density at radius 1 is 1.72 bits per heavy atom. The molecule has 1 aliphatic rings. The van der Waals surface area contributed by atoms with Crippen molar-refractivity contribution in [1.29, 1.82) is 0 Å². The van der Waals surface area contributed by atoms with Crippen LogP contribution >= 0.6 is 11.6 Å². The number of hydrogen-bond acceptors (Lipinski definition) is 6. The summed E-state index contributed by atoms with van der Waals surface area (Å²) in [6, 6.07) is 1.22. The molecule has 98 valence electrons. The molecule has 1 aromatic heterocycles. The van der Waals surface area contributed by atoms with E-state index in [2.05, 4.69) is 10.5 Å². The normalized spacial score (nSPS) is 18.8. The highest BCUT2D eigenvalue weighted by Gasteiger charge is 2.16. The van der Waals surface area contributed by atoms with Gasteiger partial charge in [0.05, 0.1) is 23.2 Å². The van der Waals surface area contributed by atoms with E-state index in [1.807, 2.05) is 0 Å². The average Bonchev–Trinajstić information content (AvgIpc) is 2.84. The predicted octanol–water partition coefficient (Wildman–Crippen LogP) is 2.02. The SMILES string of the molecule is O=[N+]([O-])c1cnc(NOCC2CCOC2)c(Cl)c1. The molecule has 0 aromatic carbocycles. The molecule has 2 rings (SSSR count). The van der Waals surface area contributed by atoms with E-state index in [0.717, 1.165) is 19.2 Å². The Morgan fingerprint density at radius 2 is 2.56 bits per heavy atom. The van der Waals surface area contributed by atoms with E-state index in [-0.39, 0.29) is 16.5 Å². The molecule has 1 atom stereocenters. The van der Waals surface area contributed by atoms with E-state index in [1.54, 1.807) is 0 Å². The molecule has 1 aliphatic heterocycles. The Hall–Kier alpha value is -1.44. The minimum absolute atomic E-state index is 0.145. The van der Waals surface area contributed by atoms with Crippen LogP contribution in [0.15, 0.2) is 12.3 Å². The van der Waals surface area contributed by atoms with Crippen LogP contribution in [0, 0.1) is 16.0 Å². The van der Waals surface area contributed by atoms with Gasteiger partial charge in [-0.15, -0.1) is 0 Å². The molecule has 0 amide bonds. The molecule has 8 heteroatoms. The van der Waals surface area contributed by atoms with E-state index in [4.69, 9.17) is 21.2 Å². The molecule has 1 unspecified atom stereocenters. The van der Waals surface area contributed by atoms with Gasteiger partial charge in [-0.3, -0.25) is 15.0 Å². The number of halogens is 1. The smallest absolute Gasteiger partial charge is 0.289 e. The average molecular weight is 274 g/mol. The first kappa shape index (κ1) is 13.0. The van der Waals surface area contributed by atoms with Crippen molar-refractivity contribution in [2.24, 2.45) is 5.92 Å². The van der Waals surface area contributed by atoms with Gasteiger partial charge in [-0.25, -0.2) is 10.5 Å². The summed E-state index contributed by atoms with van der Waals surface area (Å²) in [5, 5.41) is 10.6. The minimum atomic E-state index is -0.556. The summed E-state index contributed by atoms with van der Waals surface area (Å²) in [6.07, 6.45) is 2.08. The number of nitrogens with zero attached hydrogens (tertiary/aromatic N) is 2. The second-order valence-corrected chi connectivity index (χ2v) is 4.33. The lowest BCUT2D eigenvalue weighted by Crippen LogP contribution is -2.13. The van der Waals surface area contributed by atoms with Crippen LogP contribution < -0.4 is 5.48 Å². The minimum Gasteiger partial charge on any atom is -0.381 e. The fraction of sp³-hybridized carbons (Fsp3) is 0.500. The Labute approximate surface area is 108 Å². The Morgan fingerprint density at radius 3 is 3.17 bits per heavy atom. The second-order valence-electron chi connectivity index (χ2n) is 3.92. The van der Waals surface area contributed by atoms with Crippen LogP contribution in [0.5, 0.6) is 0 Å². The van der Waals surface area contributed by atoms with Gasteiger partial charge in [0.15, 0.2) is 5.82 Å². The zero-order valence-electron chi connectivity index (χ0n) is 9.47. The van der Waals surface area contributed by atoms with Gasteiger partial charge >= 0.3 is 0 Å². The molecule has 0 bridgehead atoms. The van der Waals surface area contributed by atoms with Gasteiger partial charge in [0.25, 0.3) is 5.69 Å². The number of ether oxygens (including phenoxy) is 1. The van der Waals surface area contributed by atoms with Gasteiger partial charge in [-0.05, 0) is 6.42 Å². The number of rotatable bonds is 5. The maximum Gasteiger partial charge on any atom is 0.289 e. The van der Waals surface area contributed by atoms with Crippen molar-refractivity contribution < 1.29 is 14.5 Å². The fourth-order valence-corrected chi connectivity index (χ4v) is 1.74. The summed E-state index contributed by atoms with van der Waals surface area (Å²) in [7, 11) is 0. The lowest BCUT2D eigenvalue weighted by atomic mass is 10.1. The lowest BCUT2D eigenvalue weighted by Gasteiger charge is -2.10. The predicted molar refractivity (Wildman–Crippen MR) is 64.4 cm³/mol. The van der Waals surface area contributed by atoms with E-state index < -0.39 is 4.92 Å². The van der Waals surface area contributed by atoms with Crippen LogP contribution in [0.3, 0.4) is 0 Å². The van der Waals surface area contributed by atoms with Gasteiger partial charge in [0.1, 0.15) is 6.20 Å². The molecular formula is C10H12ClN3O4. The number of anilines is 1. The molecule has 1 N–H and O–H groups in total. The maximum atomic E-state index is 10.5. The summed E-state index contributed by atoms with van der Waals surface area (Å²) in [5.74, 6) is 0.621. The molecule has 0 saturated carbocycles. The third kappa shape index (κ3) is 3.28. The summed E-state index contributed by atoms with van der Waals surface area (Å²) < 4.78 is 5.20. The topological polar surface area (TPSA) is 86.5 Å². The van der Waals surface area contributed by atoms with Gasteiger partial charge in [0.2, 0.25) is 0 Å². The quantitative estimate of drug-likeness (QED) is 0.652. The first-order valence-electron chi connectivity index (χ1n) is 5.42. The monoisotopic (exact) mass is 273 g/mol. The van der Waals surface area contributed by atoms with Crippen LogP contribution in [0.4, 0.5) is 11.5 Å². The molecular weight excluding hydrogens is 262 g/mol. The van der Waals surface area contributed by atoms with Crippen molar-refractivity contribution in [3.63, 3.8) is 0 Å². The molecule has 0 aliphatic carbocycles. The maximum absolute atomic E-state index is 10.5. The molecule has 0 spiro atoms. The van der Waals surface area contributed by atoms with E-state index in [9.17, 15) is 10.1 Å². The van der Waals surface area contributed by atoms with Crippen LogP contribution in [0.25, 0.3) is 0 Å². The Kier molecular flexibility index (Phi) is 4.29. The highest BCUT2D eigenvalue weighted by molar-refractivity contribution is 6.33. The van der Waals surface area contributed by atoms with Crippen molar-refractivity contribution in [2.45, 2.75) is 6.42 Å². The number of nitrogens with one attached hydrogen (secondary N) is 1. The number of pyridine rings is 1. The fourth-order valence-electron chi connectivity index (χ4n) is 1.55. The van der Waals surface area contributed by atoms with Gasteiger partial charge < -0.3 is 4.74 Å². The standard InChI is InChI=1S/C10H12ClN3O4/c11-9-3-8(14(15)16)4-12-10(9)13-18-6-7-1-2-17-5-7/h3-4,7H,1-2,5-6H2,(H,12,13). The molecule has 2 heterocycles. The molecule has 1 aromatic rings. The number of nitro groups is 1. The number of aromatic nitrogens is 1. The third-order valence-electron chi connectivity index (χ3n) is 2.55. The lowest BCUT2D eigenvalue weighted by molar-refractivity contribution is -0.385. The van der Waals surface area contributed by atoms with Crippen molar-refractivity contribution in [1.82, 2.24) is 4.98 Å². The van der Waals surface area contributed by atoms with Gasteiger partial charge in [0, 0.05) is 18.6 Å². The molecule has 1 fully saturated rings. The van der Waals surface area contributed by atoms with E-state index in [1.165, 1.54) is 6.07 Å². The zero-order chi connectivity index (χ0) is 13.0. The van der Waals surface area contributed by atoms with Crippen LogP contribution in [0.1, 0.15) is 6.42 Å². The van der Waals surface area contributed by atoms with Crippen LogP contribution in [-0.2, 0) is 9.57 Å². The number of hydrogen-bond donors (Lipinski definition) is 1. The summed E-state index contributed by atoms with van der Waals surface area (Å²) in [6.45, 7) is 1.92. The molecule has 7 nitrogen and oxygen atoms in total.